The van der Waals surface area contributed by atoms with Crippen LogP contribution in [0, 0.1) is 20.8 Å². The molecule has 5 nitrogen and oxygen atoms in total. The van der Waals surface area contributed by atoms with E-state index in [-0.39, 0.29) is 12.1 Å². The Bertz CT molecular complexity index is 1100. The molecule has 0 spiro atoms. The Hall–Kier alpha value is -1.70. The van der Waals surface area contributed by atoms with Gasteiger partial charge in [-0.2, -0.15) is 4.31 Å². The van der Waals surface area contributed by atoms with E-state index in [2.05, 4.69) is 0 Å². The Morgan fingerprint density at radius 3 is 1.86 bits per heavy atom. The zero-order valence-electron chi connectivity index (χ0n) is 17.0. The third-order valence-corrected chi connectivity index (χ3v) is 10.8. The summed E-state index contributed by atoms with van der Waals surface area (Å²) >= 11 is 0. The number of benzene rings is 2. The van der Waals surface area contributed by atoms with Gasteiger partial charge in [-0.05, 0) is 69.7 Å². The fourth-order valence-corrected chi connectivity index (χ4v) is 9.39. The van der Waals surface area contributed by atoms with Gasteiger partial charge < -0.3 is 0 Å². The first kappa shape index (κ1) is 20.6. The molecular weight excluding hydrogens is 406 g/mol. The van der Waals surface area contributed by atoms with E-state index in [0.717, 1.165) is 16.7 Å². The molecule has 4 rings (SSSR count). The molecule has 0 amide bonds. The van der Waals surface area contributed by atoms with Gasteiger partial charge in [-0.3, -0.25) is 0 Å². The summed E-state index contributed by atoms with van der Waals surface area (Å²) in [4.78, 5) is 0.704. The first-order chi connectivity index (χ1) is 13.6. The molecule has 0 aromatic heterocycles. The Labute approximate surface area is 173 Å². The number of hydrogen-bond donors (Lipinski definition) is 0. The van der Waals surface area contributed by atoms with Crippen LogP contribution in [0.3, 0.4) is 0 Å². The summed E-state index contributed by atoms with van der Waals surface area (Å²) in [5, 5.41) is -0.533. The van der Waals surface area contributed by atoms with E-state index in [9.17, 15) is 16.8 Å². The Morgan fingerprint density at radius 2 is 1.34 bits per heavy atom. The molecule has 2 heterocycles. The third kappa shape index (κ3) is 3.43. The van der Waals surface area contributed by atoms with Crippen molar-refractivity contribution in [3.63, 3.8) is 0 Å². The molecule has 0 radical (unpaired) electrons. The SMILES string of the molecule is Cc1cc(C)c(S(=O)(=O)N2C3CCC2CC(S(=O)(=O)c2ccccc2)C3)c(C)c1. The monoisotopic (exact) mass is 433 g/mol. The summed E-state index contributed by atoms with van der Waals surface area (Å²) in [7, 11) is -7.14. The number of nitrogens with zero attached hydrogens (tertiary/aromatic N) is 1. The van der Waals surface area contributed by atoms with Crippen molar-refractivity contribution in [2.45, 2.75) is 73.6 Å². The maximum Gasteiger partial charge on any atom is 0.244 e. The lowest BCUT2D eigenvalue weighted by atomic mass is 10.1. The summed E-state index contributed by atoms with van der Waals surface area (Å²) < 4.78 is 55.0. The minimum absolute atomic E-state index is 0.262. The van der Waals surface area contributed by atoms with Crippen LogP contribution in [0.15, 0.2) is 52.3 Å². The van der Waals surface area contributed by atoms with Crippen molar-refractivity contribution in [3.8, 4) is 0 Å². The van der Waals surface area contributed by atoms with Crippen LogP contribution in [-0.2, 0) is 19.9 Å². The van der Waals surface area contributed by atoms with Gasteiger partial charge in [0.15, 0.2) is 9.84 Å². The van der Waals surface area contributed by atoms with E-state index in [0.29, 0.717) is 35.5 Å². The zero-order chi connectivity index (χ0) is 21.0. The lowest BCUT2D eigenvalue weighted by Gasteiger charge is -2.38. The molecule has 0 N–H and O–H groups in total. The second kappa shape index (κ2) is 7.22. The van der Waals surface area contributed by atoms with Crippen molar-refractivity contribution in [3.05, 3.63) is 59.2 Å². The molecule has 2 bridgehead atoms. The van der Waals surface area contributed by atoms with E-state index in [1.54, 1.807) is 34.6 Å². The van der Waals surface area contributed by atoms with Crippen LogP contribution >= 0.6 is 0 Å². The summed E-state index contributed by atoms with van der Waals surface area (Å²) in [5.74, 6) is 0. The fraction of sp³-hybridized carbons (Fsp3) is 0.455. The highest BCUT2D eigenvalue weighted by atomic mass is 32.2. The van der Waals surface area contributed by atoms with E-state index >= 15 is 0 Å². The van der Waals surface area contributed by atoms with Crippen molar-refractivity contribution in [1.29, 1.82) is 0 Å². The summed E-state index contributed by atoms with van der Waals surface area (Å²) in [6, 6.07) is 11.8. The topological polar surface area (TPSA) is 71.5 Å². The van der Waals surface area contributed by atoms with E-state index in [1.165, 1.54) is 0 Å². The number of sulfone groups is 1. The van der Waals surface area contributed by atoms with E-state index < -0.39 is 25.1 Å². The maximum atomic E-state index is 13.6. The van der Waals surface area contributed by atoms with Crippen molar-refractivity contribution in [2.75, 3.05) is 0 Å². The number of piperidine rings is 1. The predicted octanol–water partition coefficient (Wildman–Crippen LogP) is 3.77. The van der Waals surface area contributed by atoms with Gasteiger partial charge in [0.2, 0.25) is 10.0 Å². The van der Waals surface area contributed by atoms with Crippen LogP contribution in [0.2, 0.25) is 0 Å². The molecule has 0 saturated carbocycles. The van der Waals surface area contributed by atoms with E-state index in [1.807, 2.05) is 32.9 Å². The summed E-state index contributed by atoms with van der Waals surface area (Å²) in [6.45, 7) is 5.63. The molecule has 2 aromatic rings. The molecule has 2 atom stereocenters. The molecule has 2 aromatic carbocycles. The van der Waals surface area contributed by atoms with Crippen LogP contribution in [0.4, 0.5) is 0 Å². The van der Waals surface area contributed by atoms with Gasteiger partial charge in [0.1, 0.15) is 0 Å². The largest absolute Gasteiger partial charge is 0.244 e. The van der Waals surface area contributed by atoms with Gasteiger partial charge in [-0.25, -0.2) is 16.8 Å². The molecule has 2 fully saturated rings. The number of aryl methyl sites for hydroxylation is 3. The molecular formula is C22H27NO4S2. The fourth-order valence-electron chi connectivity index (χ4n) is 5.21. The lowest BCUT2D eigenvalue weighted by Crippen LogP contribution is -2.49. The average Bonchev–Trinajstić information content (AvgIpc) is 2.92. The molecule has 2 saturated heterocycles. The van der Waals surface area contributed by atoms with Crippen LogP contribution in [0.25, 0.3) is 0 Å². The first-order valence-corrected chi connectivity index (χ1v) is 13.0. The Morgan fingerprint density at radius 1 is 0.828 bits per heavy atom. The highest BCUT2D eigenvalue weighted by molar-refractivity contribution is 7.92. The lowest BCUT2D eigenvalue weighted by molar-refractivity contribution is 0.248. The molecule has 7 heteroatoms. The minimum Gasteiger partial charge on any atom is -0.223 e. The summed E-state index contributed by atoms with van der Waals surface area (Å²) in [5.41, 5.74) is 2.54. The molecule has 0 aliphatic carbocycles. The van der Waals surface area contributed by atoms with Gasteiger partial charge >= 0.3 is 0 Å². The van der Waals surface area contributed by atoms with Crippen molar-refractivity contribution in [2.24, 2.45) is 0 Å². The number of hydrogen-bond acceptors (Lipinski definition) is 4. The summed E-state index contributed by atoms with van der Waals surface area (Å²) in [6.07, 6.45) is 2.15. The Kier molecular flexibility index (Phi) is 5.12. The number of fused-ring (bicyclic) bond motifs is 2. The third-order valence-electron chi connectivity index (χ3n) is 6.27. The van der Waals surface area contributed by atoms with Crippen LogP contribution in [0.5, 0.6) is 0 Å². The Balaban J connectivity index is 1.67. The van der Waals surface area contributed by atoms with Crippen molar-refractivity contribution in [1.82, 2.24) is 4.31 Å². The number of rotatable bonds is 4. The second-order valence-corrected chi connectivity index (χ2v) is 12.4. The average molecular weight is 434 g/mol. The predicted molar refractivity (Wildman–Crippen MR) is 113 cm³/mol. The molecule has 2 unspecified atom stereocenters. The van der Waals surface area contributed by atoms with Gasteiger partial charge in [0.25, 0.3) is 0 Å². The van der Waals surface area contributed by atoms with E-state index in [4.69, 9.17) is 0 Å². The van der Waals surface area contributed by atoms with Crippen LogP contribution in [-0.4, -0.2) is 38.5 Å². The smallest absolute Gasteiger partial charge is 0.223 e. The molecule has 156 valence electrons. The second-order valence-electron chi connectivity index (χ2n) is 8.40. The van der Waals surface area contributed by atoms with Crippen molar-refractivity contribution >= 4 is 19.9 Å². The van der Waals surface area contributed by atoms with Gasteiger partial charge in [0, 0.05) is 12.1 Å². The first-order valence-electron chi connectivity index (χ1n) is 10.0. The van der Waals surface area contributed by atoms with Crippen LogP contribution < -0.4 is 0 Å². The van der Waals surface area contributed by atoms with Gasteiger partial charge in [0.05, 0.1) is 15.0 Å². The quantitative estimate of drug-likeness (QED) is 0.736. The van der Waals surface area contributed by atoms with Gasteiger partial charge in [-0.15, -0.1) is 0 Å². The highest BCUT2D eigenvalue weighted by Crippen LogP contribution is 2.43. The standard InChI is InChI=1S/C22H27NO4S2/c1-15-11-16(2)22(17(3)12-15)29(26,27)23-18-9-10-19(23)14-21(13-18)28(24,25)20-7-5-4-6-8-20/h4-8,11-12,18-19,21H,9-10,13-14H2,1-3H3. The van der Waals surface area contributed by atoms with Crippen LogP contribution in [0.1, 0.15) is 42.4 Å². The van der Waals surface area contributed by atoms with Gasteiger partial charge in [-0.1, -0.05) is 35.9 Å². The molecule has 29 heavy (non-hydrogen) atoms. The normalized spacial score (nSPS) is 25.3. The zero-order valence-corrected chi connectivity index (χ0v) is 18.6. The maximum absolute atomic E-state index is 13.6. The number of sulfonamides is 1. The van der Waals surface area contributed by atoms with Crippen molar-refractivity contribution < 1.29 is 16.8 Å². The minimum atomic E-state index is -3.67. The highest BCUT2D eigenvalue weighted by Gasteiger charge is 2.50. The molecule has 2 aliphatic rings. The molecule has 2 aliphatic heterocycles.